The summed E-state index contributed by atoms with van der Waals surface area (Å²) in [7, 11) is -5.11. The van der Waals surface area contributed by atoms with Crippen LogP contribution >= 0.6 is 0 Å². The van der Waals surface area contributed by atoms with Crippen LogP contribution in [0.25, 0.3) is 0 Å². The maximum Gasteiger partial charge on any atom is 0.475 e. The average Bonchev–Trinajstić information content (AvgIpc) is 2.47. The van der Waals surface area contributed by atoms with E-state index in [4.69, 9.17) is 0 Å². The molecule has 25 heavy (non-hydrogen) atoms. The van der Waals surface area contributed by atoms with Crippen LogP contribution in [0, 0.1) is 6.92 Å². The molecule has 0 aliphatic rings. The van der Waals surface area contributed by atoms with E-state index in [9.17, 15) is 23.3 Å². The summed E-state index contributed by atoms with van der Waals surface area (Å²) >= 11 is 0. The summed E-state index contributed by atoms with van der Waals surface area (Å²) in [6.45, 7) is 5.46. The summed E-state index contributed by atoms with van der Waals surface area (Å²) in [4.78, 5) is 12.1. The minimum absolute atomic E-state index is 0.0428. The molecular formula is C16H27BN2O5S. The van der Waals surface area contributed by atoms with Crippen molar-refractivity contribution in [2.75, 3.05) is 12.8 Å². The highest BCUT2D eigenvalue weighted by Crippen LogP contribution is 2.09. The number of sulfonamides is 1. The van der Waals surface area contributed by atoms with Gasteiger partial charge in [0.25, 0.3) is 0 Å². The molecule has 0 aliphatic heterocycles. The molecule has 0 spiro atoms. The van der Waals surface area contributed by atoms with Gasteiger partial charge in [-0.15, -0.1) is 0 Å². The molecule has 3 N–H and O–H groups in total. The molecule has 0 bridgehead atoms. The third-order valence-electron chi connectivity index (χ3n) is 3.84. The summed E-state index contributed by atoms with van der Waals surface area (Å²) < 4.78 is 24.6. The molecule has 0 fully saturated rings. The van der Waals surface area contributed by atoms with Crippen LogP contribution in [0.5, 0.6) is 0 Å². The maximum absolute atomic E-state index is 12.1. The van der Waals surface area contributed by atoms with Gasteiger partial charge in [0.2, 0.25) is 15.9 Å². The van der Waals surface area contributed by atoms with Gasteiger partial charge in [-0.2, -0.15) is 4.31 Å². The zero-order valence-corrected chi connectivity index (χ0v) is 16.0. The average molecular weight is 370 g/mol. The van der Waals surface area contributed by atoms with Crippen LogP contribution in [0.1, 0.15) is 31.4 Å². The van der Waals surface area contributed by atoms with Crippen LogP contribution in [0.4, 0.5) is 0 Å². The summed E-state index contributed by atoms with van der Waals surface area (Å²) in [6, 6.07) is 7.28. The number of amides is 1. The molecule has 1 aromatic rings. The molecule has 1 amide bonds. The number of carbonyl (C=O) groups is 1. The lowest BCUT2D eigenvalue weighted by molar-refractivity contribution is -0.121. The lowest BCUT2D eigenvalue weighted by atomic mass is 9.76. The molecule has 1 rings (SSSR count). The molecule has 1 aromatic carbocycles. The van der Waals surface area contributed by atoms with E-state index >= 15 is 0 Å². The van der Waals surface area contributed by atoms with Crippen LogP contribution in [0.15, 0.2) is 24.3 Å². The van der Waals surface area contributed by atoms with Gasteiger partial charge in [0.1, 0.15) is 0 Å². The molecular weight excluding hydrogens is 343 g/mol. The Morgan fingerprint density at radius 3 is 2.24 bits per heavy atom. The van der Waals surface area contributed by atoms with Gasteiger partial charge in [-0.3, -0.25) is 4.79 Å². The van der Waals surface area contributed by atoms with Crippen molar-refractivity contribution in [1.82, 2.24) is 9.62 Å². The van der Waals surface area contributed by atoms with Crippen LogP contribution in [0.2, 0.25) is 0 Å². The van der Waals surface area contributed by atoms with E-state index in [-0.39, 0.29) is 25.4 Å². The summed E-state index contributed by atoms with van der Waals surface area (Å²) in [5.41, 5.74) is 1.95. The molecule has 0 saturated carbocycles. The number of hydrogen-bond donors (Lipinski definition) is 3. The van der Waals surface area contributed by atoms with Crippen molar-refractivity contribution in [3.05, 3.63) is 35.4 Å². The van der Waals surface area contributed by atoms with Crippen LogP contribution in [-0.4, -0.2) is 60.6 Å². The number of nitrogens with one attached hydrogen (secondary N) is 1. The van der Waals surface area contributed by atoms with E-state index < -0.39 is 29.0 Å². The van der Waals surface area contributed by atoms with Gasteiger partial charge in [0.15, 0.2) is 0 Å². The number of aryl methyl sites for hydroxylation is 1. The lowest BCUT2D eigenvalue weighted by Gasteiger charge is -2.24. The van der Waals surface area contributed by atoms with Gasteiger partial charge >= 0.3 is 7.12 Å². The van der Waals surface area contributed by atoms with Crippen molar-refractivity contribution in [2.45, 2.75) is 45.6 Å². The second-order valence-electron chi connectivity index (χ2n) is 6.49. The molecule has 0 radical (unpaired) electrons. The molecule has 0 saturated heterocycles. The monoisotopic (exact) mass is 370 g/mol. The normalized spacial score (nSPS) is 13.1. The smallest absolute Gasteiger partial charge is 0.426 e. The van der Waals surface area contributed by atoms with Crippen molar-refractivity contribution in [3.8, 4) is 0 Å². The number of nitrogens with zero attached hydrogens (tertiary/aromatic N) is 1. The molecule has 0 aromatic heterocycles. The van der Waals surface area contributed by atoms with Crippen molar-refractivity contribution in [2.24, 2.45) is 0 Å². The summed E-state index contributed by atoms with van der Waals surface area (Å²) in [5.74, 6) is -1.29. The molecule has 1 atom stereocenters. The zero-order chi connectivity index (χ0) is 19.2. The van der Waals surface area contributed by atoms with Gasteiger partial charge in [-0.05, 0) is 32.8 Å². The van der Waals surface area contributed by atoms with Crippen molar-refractivity contribution < 1.29 is 23.3 Å². The molecule has 0 aliphatic carbocycles. The minimum atomic E-state index is -3.40. The van der Waals surface area contributed by atoms with E-state index in [2.05, 4.69) is 5.32 Å². The molecule has 9 heteroatoms. The Balaban J connectivity index is 2.66. The van der Waals surface area contributed by atoms with Gasteiger partial charge in [0, 0.05) is 19.0 Å². The van der Waals surface area contributed by atoms with Crippen molar-refractivity contribution >= 4 is 23.0 Å². The van der Waals surface area contributed by atoms with E-state index in [1.54, 1.807) is 13.8 Å². The highest BCUT2D eigenvalue weighted by atomic mass is 32.2. The topological polar surface area (TPSA) is 107 Å². The number of rotatable bonds is 9. The molecule has 7 nitrogen and oxygen atoms in total. The first-order valence-corrected chi connectivity index (χ1v) is 10.0. The Bertz CT molecular complexity index is 662. The third-order valence-corrected chi connectivity index (χ3v) is 5.30. The fourth-order valence-electron chi connectivity index (χ4n) is 2.51. The van der Waals surface area contributed by atoms with Crippen LogP contribution in [-0.2, 0) is 21.2 Å². The van der Waals surface area contributed by atoms with Gasteiger partial charge in [0.05, 0.1) is 12.2 Å². The standard InChI is InChI=1S/C16H27BN2O5S/c1-12(2)19(25(4,23)24)10-9-16(20)18-15(17(21)22)11-14-7-5-13(3)6-8-14/h5-8,12,15,21-22H,9-11H2,1-4H3,(H,18,20)/t15-/m0/s1. The Morgan fingerprint density at radius 1 is 1.24 bits per heavy atom. The Kier molecular flexibility index (Phi) is 8.07. The Morgan fingerprint density at radius 2 is 1.80 bits per heavy atom. The van der Waals surface area contributed by atoms with Crippen molar-refractivity contribution in [1.29, 1.82) is 0 Å². The molecule has 140 valence electrons. The second kappa shape index (κ2) is 9.33. The molecule has 0 heterocycles. The first-order valence-electron chi connectivity index (χ1n) is 8.18. The van der Waals surface area contributed by atoms with E-state index in [1.165, 1.54) is 4.31 Å². The minimum Gasteiger partial charge on any atom is -0.426 e. The van der Waals surface area contributed by atoms with Gasteiger partial charge in [-0.25, -0.2) is 8.42 Å². The van der Waals surface area contributed by atoms with Crippen LogP contribution in [0.3, 0.4) is 0 Å². The quantitative estimate of drug-likeness (QED) is 0.535. The van der Waals surface area contributed by atoms with E-state index in [0.717, 1.165) is 17.4 Å². The summed E-state index contributed by atoms with van der Waals surface area (Å²) in [6.07, 6.45) is 1.31. The molecule has 0 unspecified atom stereocenters. The number of hydrogen-bond acceptors (Lipinski definition) is 5. The SMILES string of the molecule is Cc1ccc(C[C@H](NC(=O)CCN(C(C)C)S(C)(=O)=O)B(O)O)cc1. The zero-order valence-electron chi connectivity index (χ0n) is 15.1. The van der Waals surface area contributed by atoms with E-state index in [0.29, 0.717) is 0 Å². The predicted octanol–water partition coefficient (Wildman–Crippen LogP) is 0.0944. The highest BCUT2D eigenvalue weighted by molar-refractivity contribution is 7.88. The highest BCUT2D eigenvalue weighted by Gasteiger charge is 2.27. The van der Waals surface area contributed by atoms with Gasteiger partial charge < -0.3 is 15.4 Å². The fraction of sp³-hybridized carbons (Fsp3) is 0.562. The van der Waals surface area contributed by atoms with E-state index in [1.807, 2.05) is 31.2 Å². The van der Waals surface area contributed by atoms with Crippen LogP contribution < -0.4 is 5.32 Å². The largest absolute Gasteiger partial charge is 0.475 e. The number of carbonyl (C=O) groups excluding carboxylic acids is 1. The fourth-order valence-corrected chi connectivity index (χ4v) is 3.70. The Labute approximate surface area is 150 Å². The first-order chi connectivity index (χ1) is 11.5. The van der Waals surface area contributed by atoms with Gasteiger partial charge in [-0.1, -0.05) is 29.8 Å². The maximum atomic E-state index is 12.1. The Hall–Kier alpha value is -1.42. The second-order valence-corrected chi connectivity index (χ2v) is 8.43. The first kappa shape index (κ1) is 21.6. The lowest BCUT2D eigenvalue weighted by Crippen LogP contribution is -2.49. The van der Waals surface area contributed by atoms with Crippen molar-refractivity contribution in [3.63, 3.8) is 0 Å². The summed E-state index contributed by atoms with van der Waals surface area (Å²) in [5, 5.41) is 21.6. The number of benzene rings is 1. The third kappa shape index (κ3) is 7.56. The predicted molar refractivity (Wildman–Crippen MR) is 98.3 cm³/mol.